The Balaban J connectivity index is 1.92. The number of carbonyl (C=O) groups is 1. The third-order valence-electron chi connectivity index (χ3n) is 5.39. The van der Waals surface area contributed by atoms with Crippen LogP contribution in [-0.2, 0) is 6.18 Å². The number of nitrogens with zero attached hydrogens (tertiary/aromatic N) is 2. The first-order valence-electron chi connectivity index (χ1n) is 10.7. The monoisotopic (exact) mass is 554 g/mol. The number of primary amides is 1. The number of nitrogens with one attached hydrogen (secondary N) is 1. The molecule has 0 unspecified atom stereocenters. The van der Waals surface area contributed by atoms with Crippen molar-refractivity contribution in [1.82, 2.24) is 15.0 Å². The van der Waals surface area contributed by atoms with Crippen molar-refractivity contribution in [2.75, 3.05) is 7.11 Å². The van der Waals surface area contributed by atoms with Gasteiger partial charge in [-0.3, -0.25) is 14.6 Å². The van der Waals surface area contributed by atoms with Crippen molar-refractivity contribution in [3.05, 3.63) is 69.9 Å². The summed E-state index contributed by atoms with van der Waals surface area (Å²) in [6, 6.07) is 5.07. The van der Waals surface area contributed by atoms with Gasteiger partial charge in [0.05, 0.1) is 29.9 Å². The molecule has 0 radical (unpaired) electrons. The molecule has 0 saturated carbocycles. The molecule has 0 fully saturated rings. The third-order valence-corrected chi connectivity index (χ3v) is 5.39. The van der Waals surface area contributed by atoms with Crippen LogP contribution in [0.5, 0.6) is 23.0 Å². The maximum atomic E-state index is 13.7. The van der Waals surface area contributed by atoms with Gasteiger partial charge in [-0.15, -0.1) is 13.2 Å². The van der Waals surface area contributed by atoms with Crippen LogP contribution in [-0.4, -0.2) is 34.3 Å². The van der Waals surface area contributed by atoms with Crippen molar-refractivity contribution in [3.63, 3.8) is 0 Å². The number of methoxy groups -OCH3 is 1. The fourth-order valence-electron chi connectivity index (χ4n) is 3.85. The van der Waals surface area contributed by atoms with Crippen LogP contribution in [0.3, 0.4) is 0 Å². The number of alkyl halides is 6. The van der Waals surface area contributed by atoms with Gasteiger partial charge in [-0.25, -0.2) is 4.98 Å². The molecule has 3 heterocycles. The van der Waals surface area contributed by atoms with E-state index >= 15 is 0 Å². The molecule has 9 nitrogen and oxygen atoms in total. The number of halogens is 6. The van der Waals surface area contributed by atoms with E-state index in [0.29, 0.717) is 0 Å². The number of hydrogen-bond acceptors (Lipinski definition) is 7. The molecule has 204 valence electrons. The second kappa shape index (κ2) is 9.81. The van der Waals surface area contributed by atoms with Gasteiger partial charge in [0.1, 0.15) is 17.1 Å². The van der Waals surface area contributed by atoms with E-state index in [-0.39, 0.29) is 45.1 Å². The van der Waals surface area contributed by atoms with E-state index in [1.165, 1.54) is 12.3 Å². The normalized spacial score (nSPS) is 11.9. The predicted molar refractivity (Wildman–Crippen MR) is 124 cm³/mol. The number of aromatic amines is 1. The van der Waals surface area contributed by atoms with E-state index < -0.39 is 40.9 Å². The van der Waals surface area contributed by atoms with Crippen molar-refractivity contribution in [3.8, 4) is 34.3 Å². The second-order valence-corrected chi connectivity index (χ2v) is 7.92. The summed E-state index contributed by atoms with van der Waals surface area (Å²) < 4.78 is 93.6. The summed E-state index contributed by atoms with van der Waals surface area (Å²) in [6.07, 6.45) is -7.95. The number of hydrogen-bond donors (Lipinski definition) is 2. The number of amides is 1. The van der Waals surface area contributed by atoms with Crippen LogP contribution in [0.15, 0.2) is 47.5 Å². The standard InChI is InChI=1S/C24H16F6N4O5/c1-10-18(13-8-14(35)19-12(34-13)5-6-32-20(19)22(31)36)17(9-33-21(10)23(25,26)27)38-15-4-3-11(7-16(15)37-2)39-24(28,29)30/h3-9H,1-2H3,(H2,31,36)(H,34,35). The topological polar surface area (TPSA) is 129 Å². The molecule has 3 N–H and O–H groups in total. The average Bonchev–Trinajstić information content (AvgIpc) is 2.82. The van der Waals surface area contributed by atoms with E-state index in [0.717, 1.165) is 44.5 Å². The Kier molecular flexibility index (Phi) is 6.85. The van der Waals surface area contributed by atoms with Gasteiger partial charge < -0.3 is 24.9 Å². The maximum absolute atomic E-state index is 13.7. The number of rotatable bonds is 6. The molecule has 15 heteroatoms. The average molecular weight is 554 g/mol. The zero-order valence-corrected chi connectivity index (χ0v) is 19.8. The van der Waals surface area contributed by atoms with E-state index in [9.17, 15) is 35.9 Å². The lowest BCUT2D eigenvalue weighted by Gasteiger charge is -2.19. The summed E-state index contributed by atoms with van der Waals surface area (Å²) in [5, 5.41) is -0.180. The molecule has 0 aliphatic carbocycles. The first-order chi connectivity index (χ1) is 18.2. The highest BCUT2D eigenvalue weighted by molar-refractivity contribution is 6.03. The number of pyridine rings is 3. The van der Waals surface area contributed by atoms with Crippen LogP contribution < -0.4 is 25.4 Å². The number of nitrogens with two attached hydrogens (primary N) is 1. The number of aromatic nitrogens is 3. The van der Waals surface area contributed by atoms with Gasteiger partial charge in [0.15, 0.2) is 22.7 Å². The molecule has 1 amide bonds. The van der Waals surface area contributed by atoms with Crippen molar-refractivity contribution in [2.24, 2.45) is 5.73 Å². The van der Waals surface area contributed by atoms with Crippen molar-refractivity contribution < 1.29 is 45.3 Å². The molecule has 0 atom stereocenters. The number of H-pyrrole nitrogens is 1. The summed E-state index contributed by atoms with van der Waals surface area (Å²) >= 11 is 0. The molecule has 0 aliphatic rings. The van der Waals surface area contributed by atoms with Gasteiger partial charge in [-0.1, -0.05) is 0 Å². The van der Waals surface area contributed by atoms with Gasteiger partial charge >= 0.3 is 12.5 Å². The summed E-state index contributed by atoms with van der Waals surface area (Å²) in [4.78, 5) is 34.7. The van der Waals surface area contributed by atoms with Gasteiger partial charge in [-0.2, -0.15) is 13.2 Å². The molecule has 1 aromatic carbocycles. The van der Waals surface area contributed by atoms with Crippen LogP contribution in [0.1, 0.15) is 21.7 Å². The van der Waals surface area contributed by atoms with Crippen LogP contribution >= 0.6 is 0 Å². The number of benzene rings is 1. The lowest BCUT2D eigenvalue weighted by Crippen LogP contribution is -2.18. The van der Waals surface area contributed by atoms with Crippen LogP contribution in [0, 0.1) is 6.92 Å². The lowest BCUT2D eigenvalue weighted by atomic mass is 10.0. The molecule has 0 bridgehead atoms. The molecular weight excluding hydrogens is 538 g/mol. The van der Waals surface area contributed by atoms with E-state index in [1.807, 2.05) is 0 Å². The minimum atomic E-state index is -4.99. The summed E-state index contributed by atoms with van der Waals surface area (Å²) in [7, 11) is 1.13. The quantitative estimate of drug-likeness (QED) is 0.317. The van der Waals surface area contributed by atoms with Crippen LogP contribution in [0.2, 0.25) is 0 Å². The Morgan fingerprint density at radius 1 is 1.00 bits per heavy atom. The van der Waals surface area contributed by atoms with Crippen LogP contribution in [0.25, 0.3) is 22.2 Å². The summed E-state index contributed by atoms with van der Waals surface area (Å²) in [5.41, 5.74) is 2.10. The Labute approximate surface area is 214 Å². The molecule has 4 rings (SSSR count). The molecule has 0 saturated heterocycles. The minimum Gasteiger partial charge on any atom is -0.493 e. The zero-order valence-electron chi connectivity index (χ0n) is 19.8. The fourth-order valence-corrected chi connectivity index (χ4v) is 3.85. The second-order valence-electron chi connectivity index (χ2n) is 7.92. The molecule has 0 spiro atoms. The first-order valence-corrected chi connectivity index (χ1v) is 10.7. The SMILES string of the molecule is COc1cc(OC(F)(F)F)ccc1Oc1cnc(C(F)(F)F)c(C)c1-c1cc(=O)c2c(C(N)=O)nccc2[nH]1. The van der Waals surface area contributed by atoms with Gasteiger partial charge in [-0.05, 0) is 30.7 Å². The lowest BCUT2D eigenvalue weighted by molar-refractivity contribution is -0.274. The number of fused-ring (bicyclic) bond motifs is 1. The van der Waals surface area contributed by atoms with Crippen molar-refractivity contribution in [2.45, 2.75) is 19.5 Å². The Morgan fingerprint density at radius 2 is 1.72 bits per heavy atom. The Bertz CT molecular complexity index is 1650. The number of carbonyl (C=O) groups excluding carboxylic acids is 1. The Morgan fingerprint density at radius 3 is 2.33 bits per heavy atom. The fraction of sp³-hybridized carbons (Fsp3) is 0.167. The third kappa shape index (κ3) is 5.56. The van der Waals surface area contributed by atoms with Crippen molar-refractivity contribution in [1.29, 1.82) is 0 Å². The minimum absolute atomic E-state index is 0.0447. The largest absolute Gasteiger partial charge is 0.573 e. The molecular formula is C24H16F6N4O5. The van der Waals surface area contributed by atoms with Gasteiger partial charge in [0, 0.05) is 23.9 Å². The summed E-state index contributed by atoms with van der Waals surface area (Å²) in [6.45, 7) is 1.10. The molecule has 39 heavy (non-hydrogen) atoms. The van der Waals surface area contributed by atoms with E-state index in [4.69, 9.17) is 15.2 Å². The number of ether oxygens (including phenoxy) is 3. The smallest absolute Gasteiger partial charge is 0.493 e. The summed E-state index contributed by atoms with van der Waals surface area (Å²) in [5.74, 6) is -2.37. The van der Waals surface area contributed by atoms with Gasteiger partial charge in [0.25, 0.3) is 5.91 Å². The highest BCUT2D eigenvalue weighted by atomic mass is 19.4. The predicted octanol–water partition coefficient (Wildman–Crippen LogP) is 5.11. The maximum Gasteiger partial charge on any atom is 0.573 e. The van der Waals surface area contributed by atoms with E-state index in [1.54, 1.807) is 0 Å². The van der Waals surface area contributed by atoms with Crippen molar-refractivity contribution >= 4 is 16.8 Å². The molecule has 0 aliphatic heterocycles. The highest BCUT2D eigenvalue weighted by Gasteiger charge is 2.37. The first kappa shape index (κ1) is 27.2. The van der Waals surface area contributed by atoms with Crippen LogP contribution in [0.4, 0.5) is 26.3 Å². The van der Waals surface area contributed by atoms with Gasteiger partial charge in [0.2, 0.25) is 0 Å². The highest BCUT2D eigenvalue weighted by Crippen LogP contribution is 2.43. The Hall–Kier alpha value is -4.82. The zero-order chi connectivity index (χ0) is 28.7. The molecule has 4 aromatic rings. The van der Waals surface area contributed by atoms with E-state index in [2.05, 4.69) is 19.7 Å². The molecule has 3 aromatic heterocycles.